The second kappa shape index (κ2) is 7.48. The first kappa shape index (κ1) is 15.1. The van der Waals surface area contributed by atoms with Gasteiger partial charge in [-0.3, -0.25) is 9.78 Å². The van der Waals surface area contributed by atoms with E-state index in [1.165, 1.54) is 7.11 Å². The lowest BCUT2D eigenvalue weighted by molar-refractivity contribution is -0.143. The van der Waals surface area contributed by atoms with Crippen molar-refractivity contribution in [1.29, 1.82) is 0 Å². The summed E-state index contributed by atoms with van der Waals surface area (Å²) in [6.07, 6.45) is 4.27. The number of hydrogen-bond donors (Lipinski definition) is 1. The van der Waals surface area contributed by atoms with Gasteiger partial charge < -0.3 is 10.1 Å². The van der Waals surface area contributed by atoms with Gasteiger partial charge in [-0.25, -0.2) is 0 Å². The smallest absolute Gasteiger partial charge is 0.322 e. The zero-order chi connectivity index (χ0) is 13.5. The minimum atomic E-state index is -0.269. The summed E-state index contributed by atoms with van der Waals surface area (Å²) in [4.78, 5) is 15.7. The Bertz CT molecular complexity index is 396. The van der Waals surface area contributed by atoms with Gasteiger partial charge in [0.05, 0.1) is 7.11 Å². The average Bonchev–Trinajstić information content (AvgIpc) is 2.33. The standard InChI is InChI=1S/C13H19BrN2O2/c1-9(2)4-12(13(17)18-3)16-7-10-5-11(14)8-15-6-10/h5-6,8-9,12,16H,4,7H2,1-3H3. The molecule has 1 atom stereocenters. The highest BCUT2D eigenvalue weighted by molar-refractivity contribution is 9.10. The van der Waals surface area contributed by atoms with Crippen molar-refractivity contribution in [3.05, 3.63) is 28.5 Å². The van der Waals surface area contributed by atoms with Crippen molar-refractivity contribution in [2.24, 2.45) is 5.92 Å². The van der Waals surface area contributed by atoms with Crippen LogP contribution in [0.5, 0.6) is 0 Å². The Labute approximate surface area is 116 Å². The normalized spacial score (nSPS) is 12.5. The second-order valence-electron chi connectivity index (χ2n) is 4.60. The highest BCUT2D eigenvalue weighted by atomic mass is 79.9. The maximum atomic E-state index is 11.6. The quantitative estimate of drug-likeness (QED) is 0.820. The first-order valence-electron chi connectivity index (χ1n) is 5.93. The number of hydrogen-bond acceptors (Lipinski definition) is 4. The molecule has 0 spiro atoms. The SMILES string of the molecule is COC(=O)C(CC(C)C)NCc1cncc(Br)c1. The van der Waals surface area contributed by atoms with E-state index >= 15 is 0 Å². The predicted octanol–water partition coefficient (Wildman–Crippen LogP) is 2.52. The van der Waals surface area contributed by atoms with Gasteiger partial charge in [0, 0.05) is 23.4 Å². The molecule has 5 heteroatoms. The van der Waals surface area contributed by atoms with Crippen molar-refractivity contribution in [2.75, 3.05) is 7.11 Å². The van der Waals surface area contributed by atoms with E-state index in [4.69, 9.17) is 4.74 Å². The number of pyridine rings is 1. The first-order valence-corrected chi connectivity index (χ1v) is 6.73. The highest BCUT2D eigenvalue weighted by Crippen LogP contribution is 2.11. The number of esters is 1. The maximum absolute atomic E-state index is 11.6. The molecular formula is C13H19BrN2O2. The largest absolute Gasteiger partial charge is 0.468 e. The second-order valence-corrected chi connectivity index (χ2v) is 5.51. The summed E-state index contributed by atoms with van der Waals surface area (Å²) in [5.41, 5.74) is 1.03. The van der Waals surface area contributed by atoms with Gasteiger partial charge in [0.1, 0.15) is 6.04 Å². The maximum Gasteiger partial charge on any atom is 0.322 e. The molecule has 0 aliphatic heterocycles. The number of carbonyl (C=O) groups is 1. The Morgan fingerprint density at radius 2 is 2.22 bits per heavy atom. The van der Waals surface area contributed by atoms with Gasteiger partial charge in [-0.05, 0) is 39.9 Å². The Kier molecular flexibility index (Phi) is 6.29. The molecule has 4 nitrogen and oxygen atoms in total. The molecule has 1 aromatic heterocycles. The molecule has 1 heterocycles. The third-order valence-electron chi connectivity index (χ3n) is 2.51. The summed E-state index contributed by atoms with van der Waals surface area (Å²) in [6, 6.07) is 1.71. The lowest BCUT2D eigenvalue weighted by atomic mass is 10.0. The molecule has 100 valence electrons. The van der Waals surface area contributed by atoms with E-state index in [1.807, 2.05) is 6.07 Å². The molecular weight excluding hydrogens is 296 g/mol. The number of ether oxygens (including phenoxy) is 1. The molecule has 1 aromatic rings. The van der Waals surface area contributed by atoms with E-state index in [-0.39, 0.29) is 12.0 Å². The van der Waals surface area contributed by atoms with Crippen LogP contribution in [-0.2, 0) is 16.1 Å². The zero-order valence-corrected chi connectivity index (χ0v) is 12.5. The molecule has 0 saturated heterocycles. The molecule has 0 amide bonds. The van der Waals surface area contributed by atoms with Crippen molar-refractivity contribution in [1.82, 2.24) is 10.3 Å². The summed E-state index contributed by atoms with van der Waals surface area (Å²) < 4.78 is 5.73. The third-order valence-corrected chi connectivity index (χ3v) is 2.94. The topological polar surface area (TPSA) is 51.2 Å². The minimum Gasteiger partial charge on any atom is -0.468 e. The number of halogens is 1. The molecule has 0 radical (unpaired) electrons. The average molecular weight is 315 g/mol. The van der Waals surface area contributed by atoms with E-state index in [0.29, 0.717) is 12.5 Å². The number of methoxy groups -OCH3 is 1. The molecule has 0 aliphatic rings. The molecule has 0 saturated carbocycles. The van der Waals surface area contributed by atoms with Gasteiger partial charge in [-0.1, -0.05) is 13.8 Å². The van der Waals surface area contributed by atoms with Crippen molar-refractivity contribution < 1.29 is 9.53 Å². The summed E-state index contributed by atoms with van der Waals surface area (Å²) in [5, 5.41) is 3.21. The van der Waals surface area contributed by atoms with Crippen LogP contribution in [0.3, 0.4) is 0 Å². The minimum absolute atomic E-state index is 0.216. The number of nitrogens with zero attached hydrogens (tertiary/aromatic N) is 1. The summed E-state index contributed by atoms with van der Waals surface area (Å²) in [5.74, 6) is 0.217. The Balaban J connectivity index is 2.58. The Hall–Kier alpha value is -0.940. The number of rotatable bonds is 6. The van der Waals surface area contributed by atoms with Gasteiger partial charge in [-0.2, -0.15) is 0 Å². The summed E-state index contributed by atoms with van der Waals surface area (Å²) in [6.45, 7) is 4.76. The Morgan fingerprint density at radius 3 is 2.78 bits per heavy atom. The summed E-state index contributed by atoms with van der Waals surface area (Å²) in [7, 11) is 1.41. The van der Waals surface area contributed by atoms with Crippen LogP contribution >= 0.6 is 15.9 Å². The first-order chi connectivity index (χ1) is 8.52. The van der Waals surface area contributed by atoms with Crippen molar-refractivity contribution in [3.8, 4) is 0 Å². The lowest BCUT2D eigenvalue weighted by Gasteiger charge is -2.18. The molecule has 18 heavy (non-hydrogen) atoms. The molecule has 1 N–H and O–H groups in total. The third kappa shape index (κ3) is 5.14. The fraction of sp³-hybridized carbons (Fsp3) is 0.538. The molecule has 0 aromatic carbocycles. The highest BCUT2D eigenvalue weighted by Gasteiger charge is 2.19. The van der Waals surface area contributed by atoms with Crippen LogP contribution in [-0.4, -0.2) is 24.1 Å². The predicted molar refractivity (Wildman–Crippen MR) is 74.0 cm³/mol. The number of carbonyl (C=O) groups excluding carboxylic acids is 1. The fourth-order valence-corrected chi connectivity index (χ4v) is 2.08. The van der Waals surface area contributed by atoms with Gasteiger partial charge in [0.2, 0.25) is 0 Å². The van der Waals surface area contributed by atoms with Crippen molar-refractivity contribution >= 4 is 21.9 Å². The van der Waals surface area contributed by atoms with Crippen LogP contribution in [0.1, 0.15) is 25.8 Å². The van der Waals surface area contributed by atoms with E-state index in [0.717, 1.165) is 16.5 Å². The van der Waals surface area contributed by atoms with Crippen LogP contribution in [0.25, 0.3) is 0 Å². The molecule has 0 bridgehead atoms. The Morgan fingerprint density at radius 1 is 1.50 bits per heavy atom. The number of aromatic nitrogens is 1. The van der Waals surface area contributed by atoms with Crippen LogP contribution in [0.15, 0.2) is 22.9 Å². The van der Waals surface area contributed by atoms with E-state index < -0.39 is 0 Å². The van der Waals surface area contributed by atoms with Crippen molar-refractivity contribution in [3.63, 3.8) is 0 Å². The zero-order valence-electron chi connectivity index (χ0n) is 10.9. The summed E-state index contributed by atoms with van der Waals surface area (Å²) >= 11 is 3.37. The molecule has 1 rings (SSSR count). The molecule has 0 fully saturated rings. The van der Waals surface area contributed by atoms with Crippen LogP contribution < -0.4 is 5.32 Å². The van der Waals surface area contributed by atoms with Crippen molar-refractivity contribution in [2.45, 2.75) is 32.9 Å². The van der Waals surface area contributed by atoms with E-state index in [1.54, 1.807) is 12.4 Å². The fourth-order valence-electron chi connectivity index (χ4n) is 1.67. The van der Waals surface area contributed by atoms with Gasteiger partial charge >= 0.3 is 5.97 Å². The molecule has 1 unspecified atom stereocenters. The van der Waals surface area contributed by atoms with E-state index in [9.17, 15) is 4.79 Å². The van der Waals surface area contributed by atoms with Gasteiger partial charge in [0.25, 0.3) is 0 Å². The van der Waals surface area contributed by atoms with Crippen LogP contribution in [0.2, 0.25) is 0 Å². The van der Waals surface area contributed by atoms with Crippen LogP contribution in [0.4, 0.5) is 0 Å². The van der Waals surface area contributed by atoms with E-state index in [2.05, 4.69) is 40.1 Å². The van der Waals surface area contributed by atoms with Crippen LogP contribution in [0, 0.1) is 5.92 Å². The van der Waals surface area contributed by atoms with Gasteiger partial charge in [0.15, 0.2) is 0 Å². The lowest BCUT2D eigenvalue weighted by Crippen LogP contribution is -2.38. The van der Waals surface area contributed by atoms with Gasteiger partial charge in [-0.15, -0.1) is 0 Å². The molecule has 0 aliphatic carbocycles. The number of nitrogens with one attached hydrogen (secondary N) is 1. The monoisotopic (exact) mass is 314 g/mol.